The van der Waals surface area contributed by atoms with Gasteiger partial charge in [-0.05, 0) is 18.1 Å². The van der Waals surface area contributed by atoms with E-state index < -0.39 is 0 Å². The molecule has 1 unspecified atom stereocenters. The van der Waals surface area contributed by atoms with Crippen LogP contribution >= 0.6 is 0 Å². The standard InChI is InChI=1S/C13H17NO3/c1-2-9-10(12-7-14-5-6-15-12)3-4-11-13(9)17-8-16-11/h3-4,12,14H,2,5-8H2,1H3. The fourth-order valence-electron chi connectivity index (χ4n) is 2.48. The topological polar surface area (TPSA) is 39.7 Å². The number of nitrogens with one attached hydrogen (secondary N) is 1. The lowest BCUT2D eigenvalue weighted by Crippen LogP contribution is -2.33. The van der Waals surface area contributed by atoms with Crippen molar-refractivity contribution in [1.82, 2.24) is 5.32 Å². The molecule has 0 aromatic heterocycles. The first-order valence-corrected chi connectivity index (χ1v) is 6.14. The predicted molar refractivity (Wildman–Crippen MR) is 63.5 cm³/mol. The van der Waals surface area contributed by atoms with Gasteiger partial charge < -0.3 is 19.5 Å². The van der Waals surface area contributed by atoms with E-state index in [1.54, 1.807) is 0 Å². The summed E-state index contributed by atoms with van der Waals surface area (Å²) in [6.07, 6.45) is 1.06. The Morgan fingerprint density at radius 3 is 3.06 bits per heavy atom. The van der Waals surface area contributed by atoms with Crippen molar-refractivity contribution in [1.29, 1.82) is 0 Å². The zero-order chi connectivity index (χ0) is 11.7. The SMILES string of the molecule is CCc1c(C2CNCCO2)ccc2c1OCO2. The Bertz CT molecular complexity index is 413. The molecule has 1 atom stereocenters. The molecule has 2 aliphatic heterocycles. The van der Waals surface area contributed by atoms with E-state index in [4.69, 9.17) is 14.2 Å². The molecule has 1 aromatic rings. The van der Waals surface area contributed by atoms with Gasteiger partial charge in [0.1, 0.15) is 0 Å². The van der Waals surface area contributed by atoms with Gasteiger partial charge in [0, 0.05) is 18.7 Å². The van der Waals surface area contributed by atoms with Gasteiger partial charge in [0.25, 0.3) is 0 Å². The number of fused-ring (bicyclic) bond motifs is 1. The highest BCUT2D eigenvalue weighted by molar-refractivity contribution is 5.53. The van der Waals surface area contributed by atoms with E-state index >= 15 is 0 Å². The molecule has 1 fully saturated rings. The van der Waals surface area contributed by atoms with Gasteiger partial charge in [0.2, 0.25) is 6.79 Å². The number of rotatable bonds is 2. The zero-order valence-corrected chi connectivity index (χ0v) is 9.99. The second-order valence-corrected chi connectivity index (χ2v) is 4.28. The Morgan fingerprint density at radius 1 is 1.35 bits per heavy atom. The lowest BCUT2D eigenvalue weighted by atomic mass is 9.98. The van der Waals surface area contributed by atoms with Crippen LogP contribution in [0.5, 0.6) is 11.5 Å². The fourth-order valence-corrected chi connectivity index (χ4v) is 2.48. The van der Waals surface area contributed by atoms with Crippen LogP contribution in [0.4, 0.5) is 0 Å². The number of hydrogen-bond donors (Lipinski definition) is 1. The molecule has 0 bridgehead atoms. The Balaban J connectivity index is 1.98. The Kier molecular flexibility index (Phi) is 2.91. The molecule has 1 N–H and O–H groups in total. The van der Waals surface area contributed by atoms with Gasteiger partial charge in [0.05, 0.1) is 12.7 Å². The van der Waals surface area contributed by atoms with Crippen molar-refractivity contribution in [2.75, 3.05) is 26.5 Å². The van der Waals surface area contributed by atoms with Crippen LogP contribution in [0, 0.1) is 0 Å². The fraction of sp³-hybridized carbons (Fsp3) is 0.538. The van der Waals surface area contributed by atoms with Gasteiger partial charge in [0.15, 0.2) is 11.5 Å². The van der Waals surface area contributed by atoms with Crippen LogP contribution in [0.2, 0.25) is 0 Å². The van der Waals surface area contributed by atoms with Crippen LogP contribution in [-0.2, 0) is 11.2 Å². The van der Waals surface area contributed by atoms with Crippen molar-refractivity contribution >= 4 is 0 Å². The summed E-state index contributed by atoms with van der Waals surface area (Å²) in [6.45, 7) is 5.03. The van der Waals surface area contributed by atoms with Gasteiger partial charge >= 0.3 is 0 Å². The third-order valence-corrected chi connectivity index (χ3v) is 3.31. The van der Waals surface area contributed by atoms with E-state index in [1.807, 2.05) is 6.07 Å². The first kappa shape index (κ1) is 10.9. The molecule has 17 heavy (non-hydrogen) atoms. The summed E-state index contributed by atoms with van der Waals surface area (Å²) in [5.74, 6) is 1.76. The molecule has 2 heterocycles. The maximum Gasteiger partial charge on any atom is 0.231 e. The van der Waals surface area contributed by atoms with Crippen molar-refractivity contribution < 1.29 is 14.2 Å². The number of morpholine rings is 1. The van der Waals surface area contributed by atoms with Gasteiger partial charge in [-0.1, -0.05) is 13.0 Å². The van der Waals surface area contributed by atoms with Crippen LogP contribution in [-0.4, -0.2) is 26.5 Å². The summed E-state index contributed by atoms with van der Waals surface area (Å²) in [7, 11) is 0. The summed E-state index contributed by atoms with van der Waals surface area (Å²) < 4.78 is 16.8. The van der Waals surface area contributed by atoms with Gasteiger partial charge in [-0.15, -0.1) is 0 Å². The number of ether oxygens (including phenoxy) is 3. The van der Waals surface area contributed by atoms with Crippen LogP contribution in [0.1, 0.15) is 24.2 Å². The smallest absolute Gasteiger partial charge is 0.231 e. The highest BCUT2D eigenvalue weighted by atomic mass is 16.7. The first-order chi connectivity index (χ1) is 8.40. The van der Waals surface area contributed by atoms with E-state index in [2.05, 4.69) is 18.3 Å². The third-order valence-electron chi connectivity index (χ3n) is 3.31. The minimum Gasteiger partial charge on any atom is -0.454 e. The normalized spacial score (nSPS) is 22.8. The maximum atomic E-state index is 5.81. The van der Waals surface area contributed by atoms with Gasteiger partial charge in [-0.2, -0.15) is 0 Å². The van der Waals surface area contributed by atoms with E-state index in [-0.39, 0.29) is 6.10 Å². The molecule has 92 valence electrons. The molecule has 4 heteroatoms. The first-order valence-electron chi connectivity index (χ1n) is 6.14. The minimum atomic E-state index is 0.133. The van der Waals surface area contributed by atoms with E-state index in [9.17, 15) is 0 Å². The van der Waals surface area contributed by atoms with Crippen molar-refractivity contribution in [3.05, 3.63) is 23.3 Å². The summed E-state index contributed by atoms with van der Waals surface area (Å²) in [6, 6.07) is 4.08. The highest BCUT2D eigenvalue weighted by Gasteiger charge is 2.25. The summed E-state index contributed by atoms with van der Waals surface area (Å²) in [5.41, 5.74) is 2.44. The van der Waals surface area contributed by atoms with Crippen molar-refractivity contribution in [2.45, 2.75) is 19.4 Å². The molecule has 3 rings (SSSR count). The second kappa shape index (κ2) is 4.55. The van der Waals surface area contributed by atoms with E-state index in [1.165, 1.54) is 11.1 Å². The quantitative estimate of drug-likeness (QED) is 0.846. The number of hydrogen-bond acceptors (Lipinski definition) is 4. The lowest BCUT2D eigenvalue weighted by Gasteiger charge is -2.26. The summed E-state index contributed by atoms with van der Waals surface area (Å²) in [5, 5.41) is 3.36. The monoisotopic (exact) mass is 235 g/mol. The van der Waals surface area contributed by atoms with Crippen LogP contribution < -0.4 is 14.8 Å². The molecule has 0 amide bonds. The van der Waals surface area contributed by atoms with Crippen molar-refractivity contribution in [3.63, 3.8) is 0 Å². The van der Waals surface area contributed by atoms with E-state index in [0.29, 0.717) is 6.79 Å². The van der Waals surface area contributed by atoms with Crippen LogP contribution in [0.15, 0.2) is 12.1 Å². The molecule has 1 aromatic carbocycles. The largest absolute Gasteiger partial charge is 0.454 e. The molecule has 0 aliphatic carbocycles. The van der Waals surface area contributed by atoms with Crippen LogP contribution in [0.25, 0.3) is 0 Å². The molecule has 0 radical (unpaired) electrons. The van der Waals surface area contributed by atoms with Crippen LogP contribution in [0.3, 0.4) is 0 Å². The second-order valence-electron chi connectivity index (χ2n) is 4.28. The Hall–Kier alpha value is -1.26. The Labute approximate surface area is 101 Å². The highest BCUT2D eigenvalue weighted by Crippen LogP contribution is 2.40. The van der Waals surface area contributed by atoms with Gasteiger partial charge in [-0.25, -0.2) is 0 Å². The minimum absolute atomic E-state index is 0.133. The molecule has 0 spiro atoms. The third kappa shape index (κ3) is 1.87. The van der Waals surface area contributed by atoms with Crippen molar-refractivity contribution in [3.8, 4) is 11.5 Å². The average Bonchev–Trinajstić information content (AvgIpc) is 2.86. The van der Waals surface area contributed by atoms with Crippen molar-refractivity contribution in [2.24, 2.45) is 0 Å². The predicted octanol–water partition coefficient (Wildman–Crippen LogP) is 1.64. The number of benzene rings is 1. The lowest BCUT2D eigenvalue weighted by molar-refractivity contribution is 0.0270. The molecular formula is C13H17NO3. The summed E-state index contributed by atoms with van der Waals surface area (Å²) >= 11 is 0. The molecule has 4 nitrogen and oxygen atoms in total. The molecular weight excluding hydrogens is 218 g/mol. The average molecular weight is 235 g/mol. The molecule has 0 saturated carbocycles. The zero-order valence-electron chi connectivity index (χ0n) is 9.99. The maximum absolute atomic E-state index is 5.81. The molecule has 1 saturated heterocycles. The van der Waals surface area contributed by atoms with E-state index in [0.717, 1.165) is 37.6 Å². The Morgan fingerprint density at radius 2 is 2.29 bits per heavy atom. The molecule has 2 aliphatic rings. The van der Waals surface area contributed by atoms with Gasteiger partial charge in [-0.3, -0.25) is 0 Å². The summed E-state index contributed by atoms with van der Waals surface area (Å²) in [4.78, 5) is 0.